The Morgan fingerprint density at radius 2 is 2.09 bits per heavy atom. The summed E-state index contributed by atoms with van der Waals surface area (Å²) < 4.78 is 5.11. The number of nitrogens with zero attached hydrogens (tertiary/aromatic N) is 3. The normalized spacial score (nSPS) is 10.4. The molecule has 23 heavy (non-hydrogen) atoms. The number of carbonyl (C=O) groups is 1. The average Bonchev–Trinajstić information content (AvgIpc) is 2.84. The van der Waals surface area contributed by atoms with Gasteiger partial charge in [-0.3, -0.25) is 4.98 Å². The molecule has 7 heteroatoms. The van der Waals surface area contributed by atoms with Crippen LogP contribution in [-0.2, 0) is 6.54 Å². The maximum absolute atomic E-state index is 12.1. The first-order chi connectivity index (χ1) is 11.0. The zero-order chi connectivity index (χ0) is 16.8. The molecule has 0 unspecified atom stereocenters. The van der Waals surface area contributed by atoms with E-state index in [9.17, 15) is 4.79 Å². The summed E-state index contributed by atoms with van der Waals surface area (Å²) >= 11 is 0. The molecule has 2 amide bonds. The van der Waals surface area contributed by atoms with E-state index in [-0.39, 0.29) is 6.03 Å². The molecule has 0 aliphatic carbocycles. The Labute approximate surface area is 136 Å². The molecule has 7 nitrogen and oxygen atoms in total. The lowest BCUT2D eigenvalue weighted by molar-refractivity contribution is 0.207. The predicted octanol–water partition coefficient (Wildman–Crippen LogP) is 2.25. The standard InChI is InChI=1S/C16H23N5O2/c1-11-9-17-6-5-15(11)18-7-8-19-16(22)21(4)10-14-12(2)20-23-13(14)3/h5-6,9H,7-8,10H2,1-4H3,(H,17,18)(H,19,22). The summed E-state index contributed by atoms with van der Waals surface area (Å²) in [5.74, 6) is 0.747. The van der Waals surface area contributed by atoms with E-state index in [0.29, 0.717) is 19.6 Å². The number of hydrogen-bond donors (Lipinski definition) is 2. The quantitative estimate of drug-likeness (QED) is 0.798. The highest BCUT2D eigenvalue weighted by Gasteiger charge is 2.14. The monoisotopic (exact) mass is 317 g/mol. The number of nitrogens with one attached hydrogen (secondary N) is 2. The third-order valence-electron chi connectivity index (χ3n) is 3.66. The number of aryl methyl sites for hydroxylation is 3. The number of pyridine rings is 1. The van der Waals surface area contributed by atoms with Gasteiger partial charge in [0.25, 0.3) is 0 Å². The Kier molecular flexibility index (Phi) is 5.56. The molecule has 0 aliphatic heterocycles. The van der Waals surface area contributed by atoms with E-state index in [1.165, 1.54) is 0 Å². The van der Waals surface area contributed by atoms with Crippen LogP contribution < -0.4 is 10.6 Å². The van der Waals surface area contributed by atoms with Crippen LogP contribution in [0.2, 0.25) is 0 Å². The second-order valence-corrected chi connectivity index (χ2v) is 5.51. The van der Waals surface area contributed by atoms with Crippen molar-refractivity contribution >= 4 is 11.7 Å². The van der Waals surface area contributed by atoms with Crippen molar-refractivity contribution in [2.24, 2.45) is 0 Å². The van der Waals surface area contributed by atoms with Crippen LogP contribution in [0, 0.1) is 20.8 Å². The highest BCUT2D eigenvalue weighted by Crippen LogP contribution is 2.14. The van der Waals surface area contributed by atoms with E-state index in [1.807, 2.05) is 26.8 Å². The van der Waals surface area contributed by atoms with Crippen LogP contribution in [0.4, 0.5) is 10.5 Å². The van der Waals surface area contributed by atoms with Crippen molar-refractivity contribution in [1.82, 2.24) is 20.4 Å². The van der Waals surface area contributed by atoms with Gasteiger partial charge >= 0.3 is 6.03 Å². The maximum Gasteiger partial charge on any atom is 0.317 e. The van der Waals surface area contributed by atoms with Crippen LogP contribution in [0.1, 0.15) is 22.6 Å². The van der Waals surface area contributed by atoms with Crippen LogP contribution in [0.15, 0.2) is 23.0 Å². The number of carbonyl (C=O) groups excluding carboxylic acids is 1. The highest BCUT2D eigenvalue weighted by molar-refractivity contribution is 5.73. The molecule has 0 saturated heterocycles. The Morgan fingerprint density at radius 1 is 1.30 bits per heavy atom. The van der Waals surface area contributed by atoms with Crippen LogP contribution in [0.25, 0.3) is 0 Å². The smallest absolute Gasteiger partial charge is 0.317 e. The van der Waals surface area contributed by atoms with Gasteiger partial charge in [0.05, 0.1) is 12.2 Å². The largest absolute Gasteiger partial charge is 0.383 e. The van der Waals surface area contributed by atoms with Gasteiger partial charge in [0.2, 0.25) is 0 Å². The van der Waals surface area contributed by atoms with Gasteiger partial charge in [0.15, 0.2) is 0 Å². The Bertz CT molecular complexity index is 649. The topological polar surface area (TPSA) is 83.3 Å². The molecule has 2 aromatic heterocycles. The van der Waals surface area contributed by atoms with Gasteiger partial charge in [-0.15, -0.1) is 0 Å². The lowest BCUT2D eigenvalue weighted by Crippen LogP contribution is -2.39. The molecule has 2 N–H and O–H groups in total. The van der Waals surface area contributed by atoms with E-state index in [4.69, 9.17) is 4.52 Å². The summed E-state index contributed by atoms with van der Waals surface area (Å²) in [6, 6.07) is 1.79. The van der Waals surface area contributed by atoms with Crippen molar-refractivity contribution in [3.05, 3.63) is 41.0 Å². The third-order valence-corrected chi connectivity index (χ3v) is 3.66. The molecule has 0 fully saturated rings. The fraction of sp³-hybridized carbons (Fsp3) is 0.438. The van der Waals surface area contributed by atoms with Crippen LogP contribution in [-0.4, -0.2) is 41.2 Å². The zero-order valence-electron chi connectivity index (χ0n) is 14.0. The second kappa shape index (κ2) is 7.62. The molecule has 2 rings (SSSR count). The first kappa shape index (κ1) is 16.8. The second-order valence-electron chi connectivity index (χ2n) is 5.51. The lowest BCUT2D eigenvalue weighted by atomic mass is 10.2. The molecule has 2 aromatic rings. The number of rotatable bonds is 6. The zero-order valence-corrected chi connectivity index (χ0v) is 14.0. The van der Waals surface area contributed by atoms with E-state index < -0.39 is 0 Å². The van der Waals surface area contributed by atoms with Gasteiger partial charge in [-0.25, -0.2) is 4.79 Å². The number of hydrogen-bond acceptors (Lipinski definition) is 5. The van der Waals surface area contributed by atoms with Gasteiger partial charge < -0.3 is 20.1 Å². The fourth-order valence-electron chi connectivity index (χ4n) is 2.21. The van der Waals surface area contributed by atoms with E-state index >= 15 is 0 Å². The summed E-state index contributed by atoms with van der Waals surface area (Å²) in [4.78, 5) is 17.8. The molecule has 0 spiro atoms. The van der Waals surface area contributed by atoms with Crippen LogP contribution in [0.3, 0.4) is 0 Å². The molecular weight excluding hydrogens is 294 g/mol. The molecule has 0 saturated carbocycles. The first-order valence-corrected chi connectivity index (χ1v) is 7.54. The molecule has 0 aromatic carbocycles. The molecule has 124 valence electrons. The Balaban J connectivity index is 1.75. The van der Waals surface area contributed by atoms with Gasteiger partial charge in [-0.05, 0) is 32.4 Å². The molecule has 0 aliphatic rings. The summed E-state index contributed by atoms with van der Waals surface area (Å²) in [6.07, 6.45) is 3.55. The molecule has 0 radical (unpaired) electrons. The van der Waals surface area contributed by atoms with E-state index in [2.05, 4.69) is 20.8 Å². The minimum atomic E-state index is -0.127. The predicted molar refractivity (Wildman–Crippen MR) is 88.3 cm³/mol. The highest BCUT2D eigenvalue weighted by atomic mass is 16.5. The van der Waals surface area contributed by atoms with Crippen molar-refractivity contribution < 1.29 is 9.32 Å². The Hall–Kier alpha value is -2.57. The minimum absolute atomic E-state index is 0.127. The summed E-state index contributed by atoms with van der Waals surface area (Å²) in [5.41, 5.74) is 3.87. The lowest BCUT2D eigenvalue weighted by Gasteiger charge is -2.18. The number of anilines is 1. The minimum Gasteiger partial charge on any atom is -0.383 e. The van der Waals surface area contributed by atoms with Gasteiger partial charge in [-0.1, -0.05) is 5.16 Å². The number of aromatic nitrogens is 2. The molecular formula is C16H23N5O2. The van der Waals surface area contributed by atoms with Gasteiger partial charge in [-0.2, -0.15) is 0 Å². The third kappa shape index (κ3) is 4.45. The fourth-order valence-corrected chi connectivity index (χ4v) is 2.21. The molecule has 0 bridgehead atoms. The summed E-state index contributed by atoms with van der Waals surface area (Å²) in [6.45, 7) is 7.37. The van der Waals surface area contributed by atoms with Crippen molar-refractivity contribution in [2.45, 2.75) is 27.3 Å². The number of amides is 2. The van der Waals surface area contributed by atoms with Crippen LogP contribution >= 0.6 is 0 Å². The van der Waals surface area contributed by atoms with Crippen molar-refractivity contribution in [3.8, 4) is 0 Å². The Morgan fingerprint density at radius 3 is 2.74 bits per heavy atom. The average molecular weight is 317 g/mol. The van der Waals surface area contributed by atoms with Crippen molar-refractivity contribution in [3.63, 3.8) is 0 Å². The summed E-state index contributed by atoms with van der Waals surface area (Å²) in [7, 11) is 1.75. The summed E-state index contributed by atoms with van der Waals surface area (Å²) in [5, 5.41) is 10.1. The van der Waals surface area contributed by atoms with Crippen LogP contribution in [0.5, 0.6) is 0 Å². The van der Waals surface area contributed by atoms with Crippen molar-refractivity contribution in [1.29, 1.82) is 0 Å². The first-order valence-electron chi connectivity index (χ1n) is 7.54. The van der Waals surface area contributed by atoms with E-state index in [1.54, 1.807) is 24.3 Å². The SMILES string of the molecule is Cc1cnccc1NCCNC(=O)N(C)Cc1c(C)noc1C. The van der Waals surface area contributed by atoms with Gasteiger partial charge in [0, 0.05) is 43.8 Å². The van der Waals surface area contributed by atoms with Crippen molar-refractivity contribution in [2.75, 3.05) is 25.5 Å². The van der Waals surface area contributed by atoms with E-state index in [0.717, 1.165) is 28.3 Å². The molecule has 0 atom stereocenters. The number of urea groups is 1. The molecule has 2 heterocycles. The maximum atomic E-state index is 12.1. The van der Waals surface area contributed by atoms with Gasteiger partial charge in [0.1, 0.15) is 5.76 Å².